The number of rotatable bonds is 4. The molecule has 0 aliphatic heterocycles. The number of hydrogen-bond acceptors (Lipinski definition) is 2. The topological polar surface area (TPSA) is 12.0 Å². The van der Waals surface area contributed by atoms with E-state index in [4.69, 9.17) is 0 Å². The number of hydrogen-bond donors (Lipinski definition) is 1. The molecule has 0 bridgehead atoms. The molecule has 17 heavy (non-hydrogen) atoms. The van der Waals surface area contributed by atoms with Crippen molar-refractivity contribution < 1.29 is 0 Å². The third-order valence-electron chi connectivity index (χ3n) is 3.66. The first-order chi connectivity index (χ1) is 8.36. The predicted octanol–water partition coefficient (Wildman–Crippen LogP) is 4.46. The number of allylic oxidation sites excluding steroid dienone is 1. The van der Waals surface area contributed by atoms with Gasteiger partial charge in [0, 0.05) is 4.88 Å². The van der Waals surface area contributed by atoms with Crippen LogP contribution in [0.2, 0.25) is 0 Å². The van der Waals surface area contributed by atoms with E-state index >= 15 is 0 Å². The quantitative estimate of drug-likeness (QED) is 0.777. The van der Waals surface area contributed by atoms with Crippen LogP contribution in [-0.4, -0.2) is 7.05 Å². The fourth-order valence-electron chi connectivity index (χ4n) is 2.68. The van der Waals surface area contributed by atoms with E-state index < -0.39 is 0 Å². The van der Waals surface area contributed by atoms with Crippen LogP contribution >= 0.6 is 11.3 Å². The minimum Gasteiger partial charge on any atom is -0.309 e. The van der Waals surface area contributed by atoms with Gasteiger partial charge in [-0.1, -0.05) is 25.0 Å². The highest BCUT2D eigenvalue weighted by atomic mass is 32.1. The molecule has 0 radical (unpaired) electrons. The first-order valence-corrected chi connectivity index (χ1v) is 7.67. The third-order valence-corrected chi connectivity index (χ3v) is 4.68. The molecule has 1 aromatic heterocycles. The van der Waals surface area contributed by atoms with Crippen LogP contribution in [0.1, 0.15) is 55.5 Å². The molecule has 1 unspecified atom stereocenters. The van der Waals surface area contributed by atoms with Gasteiger partial charge in [0.05, 0.1) is 6.04 Å². The summed E-state index contributed by atoms with van der Waals surface area (Å²) in [4.78, 5) is 1.53. The lowest BCUT2D eigenvalue weighted by Crippen LogP contribution is -2.18. The molecule has 1 N–H and O–H groups in total. The zero-order chi connectivity index (χ0) is 12.1. The summed E-state index contributed by atoms with van der Waals surface area (Å²) in [6.07, 6.45) is 10.3. The average molecular weight is 249 g/mol. The Morgan fingerprint density at radius 2 is 2.24 bits per heavy atom. The highest BCUT2D eigenvalue weighted by Gasteiger charge is 2.19. The molecule has 0 spiro atoms. The highest BCUT2D eigenvalue weighted by Crippen LogP contribution is 2.34. The Balaban J connectivity index is 2.23. The van der Waals surface area contributed by atoms with Crippen LogP contribution in [0.3, 0.4) is 0 Å². The van der Waals surface area contributed by atoms with Gasteiger partial charge in [-0.2, -0.15) is 0 Å². The Morgan fingerprint density at radius 3 is 3.00 bits per heavy atom. The predicted molar refractivity (Wildman–Crippen MR) is 76.7 cm³/mol. The molecule has 0 fully saturated rings. The SMILES string of the molecule is CCc1ccsc1C(NC)C1=CCCCCC1. The van der Waals surface area contributed by atoms with E-state index in [9.17, 15) is 0 Å². The number of nitrogens with one attached hydrogen (secondary N) is 1. The molecular formula is C15H23NS. The van der Waals surface area contributed by atoms with Crippen molar-refractivity contribution in [1.82, 2.24) is 5.32 Å². The fourth-order valence-corrected chi connectivity index (χ4v) is 3.83. The minimum absolute atomic E-state index is 0.461. The van der Waals surface area contributed by atoms with E-state index in [2.05, 4.69) is 36.8 Å². The summed E-state index contributed by atoms with van der Waals surface area (Å²) in [5.74, 6) is 0. The van der Waals surface area contributed by atoms with Gasteiger partial charge >= 0.3 is 0 Å². The van der Waals surface area contributed by atoms with Crippen molar-refractivity contribution in [3.05, 3.63) is 33.5 Å². The highest BCUT2D eigenvalue weighted by molar-refractivity contribution is 7.10. The molecule has 1 aromatic rings. The maximum absolute atomic E-state index is 3.52. The number of thiophene rings is 1. The fraction of sp³-hybridized carbons (Fsp3) is 0.600. The molecule has 0 saturated carbocycles. The van der Waals surface area contributed by atoms with Crippen molar-refractivity contribution in [2.75, 3.05) is 7.05 Å². The van der Waals surface area contributed by atoms with Crippen molar-refractivity contribution in [2.24, 2.45) is 0 Å². The lowest BCUT2D eigenvalue weighted by atomic mass is 9.98. The van der Waals surface area contributed by atoms with Gasteiger partial charge in [0.2, 0.25) is 0 Å². The molecular weight excluding hydrogens is 226 g/mol. The van der Waals surface area contributed by atoms with Crippen molar-refractivity contribution in [2.45, 2.75) is 51.5 Å². The van der Waals surface area contributed by atoms with Crippen molar-refractivity contribution >= 4 is 11.3 Å². The smallest absolute Gasteiger partial charge is 0.0630 e. The van der Waals surface area contributed by atoms with E-state index in [1.54, 1.807) is 5.57 Å². The van der Waals surface area contributed by atoms with Gasteiger partial charge in [0.1, 0.15) is 0 Å². The third kappa shape index (κ3) is 2.99. The van der Waals surface area contributed by atoms with Gasteiger partial charge in [0.15, 0.2) is 0 Å². The second-order valence-corrected chi connectivity index (χ2v) is 5.71. The lowest BCUT2D eigenvalue weighted by Gasteiger charge is -2.20. The number of aryl methyl sites for hydroxylation is 1. The van der Waals surface area contributed by atoms with Gasteiger partial charge in [-0.3, -0.25) is 0 Å². The van der Waals surface area contributed by atoms with Crippen LogP contribution in [0.4, 0.5) is 0 Å². The summed E-state index contributed by atoms with van der Waals surface area (Å²) < 4.78 is 0. The molecule has 2 rings (SSSR count). The largest absolute Gasteiger partial charge is 0.309 e. The van der Waals surface area contributed by atoms with Crippen LogP contribution in [0.15, 0.2) is 23.1 Å². The maximum Gasteiger partial charge on any atom is 0.0630 e. The van der Waals surface area contributed by atoms with Crippen LogP contribution in [-0.2, 0) is 6.42 Å². The second kappa shape index (κ2) is 6.36. The summed E-state index contributed by atoms with van der Waals surface area (Å²) in [6.45, 7) is 2.25. The zero-order valence-electron chi connectivity index (χ0n) is 11.0. The molecule has 0 amide bonds. The molecule has 2 heteroatoms. The van der Waals surface area contributed by atoms with Crippen LogP contribution in [0.25, 0.3) is 0 Å². The first-order valence-electron chi connectivity index (χ1n) is 6.79. The van der Waals surface area contributed by atoms with E-state index in [0.29, 0.717) is 6.04 Å². The first kappa shape index (κ1) is 12.8. The van der Waals surface area contributed by atoms with Gasteiger partial charge in [-0.25, -0.2) is 0 Å². The van der Waals surface area contributed by atoms with Crippen LogP contribution in [0, 0.1) is 0 Å². The Labute approximate surface area is 109 Å². The summed E-state index contributed by atoms with van der Waals surface area (Å²) in [5.41, 5.74) is 3.13. The summed E-state index contributed by atoms with van der Waals surface area (Å²) in [5, 5.41) is 5.75. The summed E-state index contributed by atoms with van der Waals surface area (Å²) in [7, 11) is 2.09. The van der Waals surface area contributed by atoms with Crippen molar-refractivity contribution in [3.63, 3.8) is 0 Å². The second-order valence-electron chi connectivity index (χ2n) is 4.76. The zero-order valence-corrected chi connectivity index (χ0v) is 11.8. The van der Waals surface area contributed by atoms with Gasteiger partial charge < -0.3 is 5.32 Å². The number of likely N-dealkylation sites (N-methyl/N-ethyl adjacent to an activating group) is 1. The minimum atomic E-state index is 0.461. The van der Waals surface area contributed by atoms with Crippen LogP contribution < -0.4 is 5.32 Å². The van der Waals surface area contributed by atoms with E-state index in [1.165, 1.54) is 42.5 Å². The maximum atomic E-state index is 3.52. The molecule has 0 aromatic carbocycles. The van der Waals surface area contributed by atoms with Gasteiger partial charge in [-0.05, 0) is 56.2 Å². The normalized spacial score (nSPS) is 18.6. The van der Waals surface area contributed by atoms with Crippen molar-refractivity contribution in [1.29, 1.82) is 0 Å². The molecule has 1 atom stereocenters. The Kier molecular flexibility index (Phi) is 4.81. The summed E-state index contributed by atoms with van der Waals surface area (Å²) >= 11 is 1.90. The molecule has 1 aliphatic rings. The molecule has 94 valence electrons. The molecule has 1 heterocycles. The average Bonchev–Trinajstić information content (AvgIpc) is 2.65. The van der Waals surface area contributed by atoms with E-state index in [-0.39, 0.29) is 0 Å². The van der Waals surface area contributed by atoms with Crippen molar-refractivity contribution in [3.8, 4) is 0 Å². The molecule has 0 saturated heterocycles. The monoisotopic (exact) mass is 249 g/mol. The Hall–Kier alpha value is -0.600. The van der Waals surface area contributed by atoms with Gasteiger partial charge in [0.25, 0.3) is 0 Å². The molecule has 1 aliphatic carbocycles. The standard InChI is InChI=1S/C15H23NS/c1-3-12-10-11-17-15(12)14(16-2)13-8-6-4-5-7-9-13/h8,10-11,14,16H,3-7,9H2,1-2H3. The Bertz CT molecular complexity index is 378. The molecule has 1 nitrogen and oxygen atoms in total. The van der Waals surface area contributed by atoms with E-state index in [1.807, 2.05) is 11.3 Å². The summed E-state index contributed by atoms with van der Waals surface area (Å²) in [6, 6.07) is 2.74. The lowest BCUT2D eigenvalue weighted by molar-refractivity contribution is 0.632. The van der Waals surface area contributed by atoms with E-state index in [0.717, 1.165) is 6.42 Å². The van der Waals surface area contributed by atoms with Crippen LogP contribution in [0.5, 0.6) is 0 Å². The van der Waals surface area contributed by atoms with Gasteiger partial charge in [-0.15, -0.1) is 11.3 Å². The Morgan fingerprint density at radius 1 is 1.35 bits per heavy atom.